The fraction of sp³-hybridized carbons (Fsp3) is 0.421. The molecular formula is C19H24N6O5S. The number of carbonyl (C=O) groups excluding carboxylic acids is 2. The standard InChI is InChI=1S/C19H24N6O5S/c1-5-30-17(26)15-13(10-31-19-22-23-24-25(19)2)20-18(27)21-16(15)11-6-7-14(29-4)12(8-11)9-28-3/h6-8,16H,5,9-10H2,1-4H3,(H2,20,21,27). The summed E-state index contributed by atoms with van der Waals surface area (Å²) in [6, 6.07) is 4.29. The minimum atomic E-state index is -0.706. The number of rotatable bonds is 9. The average molecular weight is 449 g/mol. The summed E-state index contributed by atoms with van der Waals surface area (Å²) in [6.45, 7) is 2.25. The number of hydrogen-bond acceptors (Lipinski definition) is 9. The number of benzene rings is 1. The molecule has 3 rings (SSSR count). The van der Waals surface area contributed by atoms with E-state index in [9.17, 15) is 9.59 Å². The van der Waals surface area contributed by atoms with Crippen molar-refractivity contribution in [1.82, 2.24) is 30.8 Å². The Balaban J connectivity index is 2.02. The van der Waals surface area contributed by atoms with E-state index in [2.05, 4.69) is 26.2 Å². The van der Waals surface area contributed by atoms with Gasteiger partial charge in [0.1, 0.15) is 5.75 Å². The van der Waals surface area contributed by atoms with E-state index in [-0.39, 0.29) is 12.4 Å². The lowest BCUT2D eigenvalue weighted by Crippen LogP contribution is -2.46. The van der Waals surface area contributed by atoms with Crippen LogP contribution in [0.5, 0.6) is 5.75 Å². The summed E-state index contributed by atoms with van der Waals surface area (Å²) in [7, 11) is 4.86. The van der Waals surface area contributed by atoms with Crippen LogP contribution in [0.1, 0.15) is 24.1 Å². The van der Waals surface area contributed by atoms with Gasteiger partial charge >= 0.3 is 12.0 Å². The van der Waals surface area contributed by atoms with Crippen molar-refractivity contribution in [2.75, 3.05) is 26.6 Å². The molecule has 0 radical (unpaired) electrons. The number of tetrazole rings is 1. The van der Waals surface area contributed by atoms with E-state index in [4.69, 9.17) is 14.2 Å². The van der Waals surface area contributed by atoms with E-state index in [0.29, 0.717) is 34.3 Å². The third-order valence-electron chi connectivity index (χ3n) is 4.51. The number of aryl methyl sites for hydroxylation is 1. The number of methoxy groups -OCH3 is 2. The predicted molar refractivity (Wildman–Crippen MR) is 111 cm³/mol. The first kappa shape index (κ1) is 22.6. The number of hydrogen-bond donors (Lipinski definition) is 2. The van der Waals surface area contributed by atoms with Gasteiger partial charge in [-0.1, -0.05) is 17.8 Å². The van der Waals surface area contributed by atoms with E-state index < -0.39 is 18.0 Å². The van der Waals surface area contributed by atoms with Crippen molar-refractivity contribution in [3.8, 4) is 5.75 Å². The number of thioether (sulfide) groups is 1. The molecule has 0 fully saturated rings. The highest BCUT2D eigenvalue weighted by atomic mass is 32.2. The second kappa shape index (κ2) is 10.3. The Labute approximate surface area is 183 Å². The maximum Gasteiger partial charge on any atom is 0.338 e. The Kier molecular flexibility index (Phi) is 7.47. The third kappa shape index (κ3) is 5.14. The molecule has 0 aliphatic carbocycles. The predicted octanol–water partition coefficient (Wildman–Crippen LogP) is 1.33. The minimum absolute atomic E-state index is 0.203. The number of ether oxygens (including phenoxy) is 3. The van der Waals surface area contributed by atoms with Crippen LogP contribution in [0.3, 0.4) is 0 Å². The van der Waals surface area contributed by atoms with Gasteiger partial charge in [-0.25, -0.2) is 14.3 Å². The summed E-state index contributed by atoms with van der Waals surface area (Å²) in [5, 5.41) is 17.4. The molecule has 2 amide bonds. The minimum Gasteiger partial charge on any atom is -0.496 e. The molecule has 1 aromatic heterocycles. The van der Waals surface area contributed by atoms with E-state index >= 15 is 0 Å². The zero-order chi connectivity index (χ0) is 22.4. The van der Waals surface area contributed by atoms with E-state index in [1.165, 1.54) is 16.4 Å². The number of amides is 2. The molecule has 31 heavy (non-hydrogen) atoms. The van der Waals surface area contributed by atoms with E-state index in [1.807, 2.05) is 6.07 Å². The lowest BCUT2D eigenvalue weighted by atomic mass is 9.94. The van der Waals surface area contributed by atoms with Crippen LogP contribution in [0.15, 0.2) is 34.6 Å². The van der Waals surface area contributed by atoms with Gasteiger partial charge in [-0.15, -0.1) is 5.10 Å². The number of nitrogens with zero attached hydrogens (tertiary/aromatic N) is 4. The van der Waals surface area contributed by atoms with Crippen molar-refractivity contribution >= 4 is 23.8 Å². The van der Waals surface area contributed by atoms with Gasteiger partial charge in [-0.2, -0.15) is 0 Å². The van der Waals surface area contributed by atoms with Crippen molar-refractivity contribution < 1.29 is 23.8 Å². The quantitative estimate of drug-likeness (QED) is 0.431. The summed E-state index contributed by atoms with van der Waals surface area (Å²) >= 11 is 1.29. The van der Waals surface area contributed by atoms with E-state index in [0.717, 1.165) is 5.56 Å². The van der Waals surface area contributed by atoms with Gasteiger partial charge in [0.05, 0.1) is 31.9 Å². The monoisotopic (exact) mass is 448 g/mol. The van der Waals surface area contributed by atoms with Gasteiger partial charge < -0.3 is 24.8 Å². The Morgan fingerprint density at radius 1 is 1.32 bits per heavy atom. The summed E-state index contributed by atoms with van der Waals surface area (Å²) in [5.41, 5.74) is 2.25. The summed E-state index contributed by atoms with van der Waals surface area (Å²) in [4.78, 5) is 25.3. The van der Waals surface area contributed by atoms with Crippen LogP contribution in [0.25, 0.3) is 0 Å². The molecule has 1 unspecified atom stereocenters. The normalized spacial score (nSPS) is 16.0. The first-order valence-electron chi connectivity index (χ1n) is 9.47. The van der Waals surface area contributed by atoms with Gasteiger partial charge in [0.15, 0.2) is 0 Å². The number of nitrogens with one attached hydrogen (secondary N) is 2. The van der Waals surface area contributed by atoms with Gasteiger partial charge in [-0.3, -0.25) is 0 Å². The SMILES string of the molecule is CCOC(=O)C1=C(CSc2nnnn2C)NC(=O)NC1c1ccc(OC)c(COC)c1. The summed E-state index contributed by atoms with van der Waals surface area (Å²) < 4.78 is 17.4. The lowest BCUT2D eigenvalue weighted by Gasteiger charge is -2.29. The van der Waals surface area contributed by atoms with Crippen LogP contribution in [0.4, 0.5) is 4.79 Å². The highest BCUT2D eigenvalue weighted by Gasteiger charge is 2.34. The Morgan fingerprint density at radius 2 is 2.13 bits per heavy atom. The Hall–Kier alpha value is -3.12. The Bertz CT molecular complexity index is 992. The number of carbonyl (C=O) groups is 2. The van der Waals surface area contributed by atoms with Gasteiger partial charge in [-0.05, 0) is 35.0 Å². The maximum absolute atomic E-state index is 12.9. The first-order chi connectivity index (χ1) is 15.0. The molecule has 0 spiro atoms. The maximum atomic E-state index is 12.9. The fourth-order valence-corrected chi connectivity index (χ4v) is 3.98. The fourth-order valence-electron chi connectivity index (χ4n) is 3.16. The second-order valence-electron chi connectivity index (χ2n) is 6.52. The molecule has 0 saturated heterocycles. The van der Waals surface area contributed by atoms with Crippen LogP contribution in [0, 0.1) is 0 Å². The zero-order valence-corrected chi connectivity index (χ0v) is 18.5. The summed E-state index contributed by atoms with van der Waals surface area (Å²) in [6.07, 6.45) is 0. The average Bonchev–Trinajstić information content (AvgIpc) is 3.16. The molecule has 11 nitrogen and oxygen atoms in total. The van der Waals surface area contributed by atoms with Gasteiger partial charge in [0.2, 0.25) is 5.16 Å². The Morgan fingerprint density at radius 3 is 2.77 bits per heavy atom. The van der Waals surface area contributed by atoms with Crippen molar-refractivity contribution in [2.45, 2.75) is 24.7 Å². The van der Waals surface area contributed by atoms with Crippen molar-refractivity contribution in [2.24, 2.45) is 7.05 Å². The molecule has 0 saturated carbocycles. The van der Waals surface area contributed by atoms with Gasteiger partial charge in [0.25, 0.3) is 0 Å². The van der Waals surface area contributed by atoms with Crippen molar-refractivity contribution in [3.05, 3.63) is 40.6 Å². The molecule has 2 N–H and O–H groups in total. The van der Waals surface area contributed by atoms with Crippen LogP contribution in [-0.4, -0.2) is 58.8 Å². The van der Waals surface area contributed by atoms with Crippen LogP contribution < -0.4 is 15.4 Å². The smallest absolute Gasteiger partial charge is 0.338 e. The molecule has 0 bridgehead atoms. The van der Waals surface area contributed by atoms with Crippen molar-refractivity contribution in [1.29, 1.82) is 0 Å². The molecule has 2 heterocycles. The molecule has 1 aromatic carbocycles. The molecular weight excluding hydrogens is 424 g/mol. The van der Waals surface area contributed by atoms with Crippen LogP contribution in [-0.2, 0) is 27.9 Å². The molecule has 2 aromatic rings. The zero-order valence-electron chi connectivity index (χ0n) is 17.7. The highest BCUT2D eigenvalue weighted by molar-refractivity contribution is 7.99. The second-order valence-corrected chi connectivity index (χ2v) is 7.46. The topological polar surface area (TPSA) is 129 Å². The first-order valence-corrected chi connectivity index (χ1v) is 10.5. The largest absolute Gasteiger partial charge is 0.496 e. The lowest BCUT2D eigenvalue weighted by molar-refractivity contribution is -0.139. The molecule has 1 aliphatic rings. The summed E-state index contributed by atoms with van der Waals surface area (Å²) in [5.74, 6) is 0.404. The highest BCUT2D eigenvalue weighted by Crippen LogP contribution is 2.32. The number of esters is 1. The van der Waals surface area contributed by atoms with Crippen molar-refractivity contribution in [3.63, 3.8) is 0 Å². The molecule has 1 atom stereocenters. The number of aromatic nitrogens is 4. The van der Waals surface area contributed by atoms with E-state index in [1.54, 1.807) is 40.3 Å². The third-order valence-corrected chi connectivity index (χ3v) is 5.55. The number of urea groups is 1. The molecule has 12 heteroatoms. The van der Waals surface area contributed by atoms with Crippen LogP contribution >= 0.6 is 11.8 Å². The molecule has 166 valence electrons. The molecule has 1 aliphatic heterocycles. The van der Waals surface area contributed by atoms with Gasteiger partial charge in [0, 0.05) is 31.2 Å². The van der Waals surface area contributed by atoms with Crippen LogP contribution in [0.2, 0.25) is 0 Å².